The molecule has 0 unspecified atom stereocenters. The molecule has 2 N–H and O–H groups in total. The predicted molar refractivity (Wildman–Crippen MR) is 101 cm³/mol. The third kappa shape index (κ3) is 6.14. The molecule has 0 atom stereocenters. The van der Waals surface area contributed by atoms with Crippen LogP contribution in [0.3, 0.4) is 0 Å². The van der Waals surface area contributed by atoms with Crippen LogP contribution in [-0.2, 0) is 14.3 Å². The molecule has 7 nitrogen and oxygen atoms in total. The number of aryl methyl sites for hydroxylation is 2. The van der Waals surface area contributed by atoms with E-state index >= 15 is 0 Å². The van der Waals surface area contributed by atoms with Gasteiger partial charge in [-0.1, -0.05) is 6.07 Å². The Balaban J connectivity index is 1.74. The number of rotatable bonds is 7. The molecular weight excluding hydrogens is 348 g/mol. The lowest BCUT2D eigenvalue weighted by Gasteiger charge is -2.09. The molecule has 27 heavy (non-hydrogen) atoms. The van der Waals surface area contributed by atoms with Crippen molar-refractivity contribution in [3.05, 3.63) is 59.2 Å². The number of benzene rings is 2. The van der Waals surface area contributed by atoms with Crippen molar-refractivity contribution in [2.75, 3.05) is 25.6 Å². The monoisotopic (exact) mass is 370 g/mol. The molecule has 2 aromatic rings. The molecule has 0 saturated heterocycles. The molecule has 2 aromatic carbocycles. The maximum atomic E-state index is 12.0. The molecule has 0 radical (unpaired) electrons. The molecule has 2 rings (SSSR count). The summed E-state index contributed by atoms with van der Waals surface area (Å²) in [6.07, 6.45) is 0. The van der Waals surface area contributed by atoms with Crippen LogP contribution in [0.4, 0.5) is 5.69 Å². The van der Waals surface area contributed by atoms with Crippen LogP contribution in [-0.4, -0.2) is 38.0 Å². The van der Waals surface area contributed by atoms with E-state index in [9.17, 15) is 14.4 Å². The van der Waals surface area contributed by atoms with Crippen LogP contribution < -0.4 is 15.4 Å². The molecule has 0 aromatic heterocycles. The van der Waals surface area contributed by atoms with Gasteiger partial charge in [0.15, 0.2) is 6.61 Å². The summed E-state index contributed by atoms with van der Waals surface area (Å²) in [4.78, 5) is 35.5. The van der Waals surface area contributed by atoms with E-state index in [1.54, 1.807) is 43.5 Å². The number of methoxy groups -OCH3 is 1. The first kappa shape index (κ1) is 20.0. The zero-order valence-corrected chi connectivity index (χ0v) is 15.5. The lowest BCUT2D eigenvalue weighted by molar-refractivity contribution is -0.146. The van der Waals surface area contributed by atoms with Crippen molar-refractivity contribution in [1.29, 1.82) is 0 Å². The molecule has 0 fully saturated rings. The summed E-state index contributed by atoms with van der Waals surface area (Å²) >= 11 is 0. The van der Waals surface area contributed by atoms with Gasteiger partial charge in [-0.2, -0.15) is 0 Å². The van der Waals surface area contributed by atoms with Gasteiger partial charge in [0, 0.05) is 11.3 Å². The van der Waals surface area contributed by atoms with E-state index in [0.29, 0.717) is 17.0 Å². The molecule has 0 heterocycles. The van der Waals surface area contributed by atoms with Gasteiger partial charge in [0.1, 0.15) is 12.3 Å². The molecule has 0 saturated carbocycles. The van der Waals surface area contributed by atoms with Crippen LogP contribution in [0.2, 0.25) is 0 Å². The minimum atomic E-state index is -0.697. The normalized spacial score (nSPS) is 10.0. The lowest BCUT2D eigenvalue weighted by Crippen LogP contribution is -2.32. The van der Waals surface area contributed by atoms with Crippen molar-refractivity contribution in [1.82, 2.24) is 5.32 Å². The summed E-state index contributed by atoms with van der Waals surface area (Å²) in [5.74, 6) is -0.886. The highest BCUT2D eigenvalue weighted by molar-refractivity contribution is 5.96. The molecule has 0 aliphatic heterocycles. The Hall–Kier alpha value is -3.35. The van der Waals surface area contributed by atoms with Gasteiger partial charge in [0.05, 0.1) is 7.11 Å². The van der Waals surface area contributed by atoms with Gasteiger partial charge in [-0.15, -0.1) is 0 Å². The molecule has 2 amide bonds. The summed E-state index contributed by atoms with van der Waals surface area (Å²) < 4.78 is 9.89. The van der Waals surface area contributed by atoms with Crippen molar-refractivity contribution in [2.45, 2.75) is 13.8 Å². The zero-order valence-electron chi connectivity index (χ0n) is 15.5. The summed E-state index contributed by atoms with van der Waals surface area (Å²) in [5.41, 5.74) is 3.08. The number of carbonyl (C=O) groups excluding carboxylic acids is 3. The van der Waals surface area contributed by atoms with Gasteiger partial charge in [0.25, 0.3) is 11.8 Å². The van der Waals surface area contributed by atoms with Crippen LogP contribution in [0.5, 0.6) is 5.75 Å². The Kier molecular flexibility index (Phi) is 6.93. The van der Waals surface area contributed by atoms with Crippen molar-refractivity contribution >= 4 is 23.5 Å². The van der Waals surface area contributed by atoms with E-state index in [-0.39, 0.29) is 12.5 Å². The van der Waals surface area contributed by atoms with Crippen LogP contribution in [0, 0.1) is 13.8 Å². The van der Waals surface area contributed by atoms with Gasteiger partial charge in [-0.05, 0) is 61.4 Å². The first-order valence-corrected chi connectivity index (χ1v) is 8.34. The second-order valence-corrected chi connectivity index (χ2v) is 5.92. The van der Waals surface area contributed by atoms with E-state index in [0.717, 1.165) is 11.1 Å². The maximum Gasteiger partial charge on any atom is 0.325 e. The summed E-state index contributed by atoms with van der Waals surface area (Å²) in [6.45, 7) is 3.10. The number of hydrogen-bond acceptors (Lipinski definition) is 5. The highest BCUT2D eigenvalue weighted by Gasteiger charge is 2.11. The summed E-state index contributed by atoms with van der Waals surface area (Å²) in [6, 6.07) is 12.0. The van der Waals surface area contributed by atoms with E-state index in [1.165, 1.54) is 0 Å². The number of hydrogen-bond donors (Lipinski definition) is 2. The minimum absolute atomic E-state index is 0.318. The SMILES string of the molecule is COc1ccc(NC(=O)COC(=O)CNC(=O)c2ccc(C)c(C)c2)cc1. The van der Waals surface area contributed by atoms with Gasteiger partial charge in [-0.3, -0.25) is 14.4 Å². The number of ether oxygens (including phenoxy) is 2. The topological polar surface area (TPSA) is 93.7 Å². The maximum absolute atomic E-state index is 12.0. The Morgan fingerprint density at radius 2 is 1.67 bits per heavy atom. The zero-order chi connectivity index (χ0) is 19.8. The van der Waals surface area contributed by atoms with Crippen molar-refractivity contribution in [3.8, 4) is 5.75 Å². The van der Waals surface area contributed by atoms with E-state index < -0.39 is 18.5 Å². The molecule has 7 heteroatoms. The Morgan fingerprint density at radius 3 is 2.30 bits per heavy atom. The molecule has 0 aliphatic rings. The molecule has 0 bridgehead atoms. The number of anilines is 1. The predicted octanol–water partition coefficient (Wildman–Crippen LogP) is 2.22. The average Bonchev–Trinajstić information content (AvgIpc) is 2.67. The number of nitrogens with one attached hydrogen (secondary N) is 2. The fourth-order valence-electron chi connectivity index (χ4n) is 2.21. The van der Waals surface area contributed by atoms with Crippen molar-refractivity contribution in [3.63, 3.8) is 0 Å². The first-order valence-electron chi connectivity index (χ1n) is 8.34. The fourth-order valence-corrected chi connectivity index (χ4v) is 2.21. The second-order valence-electron chi connectivity index (χ2n) is 5.92. The highest BCUT2D eigenvalue weighted by atomic mass is 16.5. The highest BCUT2D eigenvalue weighted by Crippen LogP contribution is 2.14. The smallest absolute Gasteiger partial charge is 0.325 e. The third-order valence-corrected chi connectivity index (χ3v) is 3.90. The molecule has 142 valence electrons. The van der Waals surface area contributed by atoms with Gasteiger partial charge in [-0.25, -0.2) is 0 Å². The average molecular weight is 370 g/mol. The quantitative estimate of drug-likeness (QED) is 0.729. The molecule has 0 spiro atoms. The summed E-state index contributed by atoms with van der Waals surface area (Å²) in [5, 5.41) is 5.06. The summed E-state index contributed by atoms with van der Waals surface area (Å²) in [7, 11) is 1.55. The van der Waals surface area contributed by atoms with Gasteiger partial charge < -0.3 is 20.1 Å². The van der Waals surface area contributed by atoms with E-state index in [2.05, 4.69) is 10.6 Å². The standard InChI is InChI=1S/C20H22N2O5/c1-13-4-5-15(10-14(13)2)20(25)21-11-19(24)27-12-18(23)22-16-6-8-17(26-3)9-7-16/h4-10H,11-12H2,1-3H3,(H,21,25)(H,22,23). The van der Waals surface area contributed by atoms with Crippen LogP contribution in [0.1, 0.15) is 21.5 Å². The molecule has 0 aliphatic carbocycles. The largest absolute Gasteiger partial charge is 0.497 e. The number of amides is 2. The van der Waals surface area contributed by atoms with Crippen LogP contribution in [0.15, 0.2) is 42.5 Å². The number of esters is 1. The lowest BCUT2D eigenvalue weighted by atomic mass is 10.1. The van der Waals surface area contributed by atoms with Gasteiger partial charge >= 0.3 is 5.97 Å². The van der Waals surface area contributed by atoms with E-state index in [4.69, 9.17) is 9.47 Å². The van der Waals surface area contributed by atoms with E-state index in [1.807, 2.05) is 19.9 Å². The Bertz CT molecular complexity index is 831. The first-order chi connectivity index (χ1) is 12.9. The second kappa shape index (κ2) is 9.38. The molecular formula is C20H22N2O5. The third-order valence-electron chi connectivity index (χ3n) is 3.90. The van der Waals surface area contributed by atoms with Crippen LogP contribution in [0.25, 0.3) is 0 Å². The number of carbonyl (C=O) groups is 3. The van der Waals surface area contributed by atoms with Gasteiger partial charge in [0.2, 0.25) is 0 Å². The Labute approximate surface area is 157 Å². The van der Waals surface area contributed by atoms with Crippen molar-refractivity contribution in [2.24, 2.45) is 0 Å². The fraction of sp³-hybridized carbons (Fsp3) is 0.250. The minimum Gasteiger partial charge on any atom is -0.497 e. The van der Waals surface area contributed by atoms with Crippen LogP contribution >= 0.6 is 0 Å². The Morgan fingerprint density at radius 1 is 0.963 bits per heavy atom. The van der Waals surface area contributed by atoms with Crippen molar-refractivity contribution < 1.29 is 23.9 Å².